The number of anilines is 1. The number of benzene rings is 2. The van der Waals surface area contributed by atoms with E-state index in [9.17, 15) is 14.0 Å². The van der Waals surface area contributed by atoms with Crippen LogP contribution in [0.5, 0.6) is 5.75 Å². The average molecular weight is 447 g/mol. The SMILES string of the molecule is Cc1cccc(OCCNC(=O)c2sc(NC(=O)c3ccc(F)cc3Cl)cc2C)c1. The minimum absolute atomic E-state index is 0.0207. The van der Waals surface area contributed by atoms with Crippen LogP contribution < -0.4 is 15.4 Å². The second-order valence-corrected chi connectivity index (χ2v) is 8.08. The summed E-state index contributed by atoms with van der Waals surface area (Å²) in [5.74, 6) is -0.486. The first-order valence-corrected chi connectivity index (χ1v) is 10.4. The molecule has 30 heavy (non-hydrogen) atoms. The molecule has 5 nitrogen and oxygen atoms in total. The van der Waals surface area contributed by atoms with Crippen LogP contribution in [0.4, 0.5) is 9.39 Å². The average Bonchev–Trinajstić information content (AvgIpc) is 3.05. The summed E-state index contributed by atoms with van der Waals surface area (Å²) >= 11 is 7.08. The summed E-state index contributed by atoms with van der Waals surface area (Å²) in [7, 11) is 0. The van der Waals surface area contributed by atoms with Gasteiger partial charge in [0.25, 0.3) is 11.8 Å². The van der Waals surface area contributed by atoms with Crippen LogP contribution in [0.15, 0.2) is 48.5 Å². The van der Waals surface area contributed by atoms with Crippen LogP contribution in [0, 0.1) is 19.7 Å². The minimum atomic E-state index is -0.520. The number of carbonyl (C=O) groups excluding carboxylic acids is 2. The predicted molar refractivity (Wildman–Crippen MR) is 117 cm³/mol. The van der Waals surface area contributed by atoms with E-state index in [0.717, 1.165) is 40.3 Å². The molecule has 3 rings (SSSR count). The van der Waals surface area contributed by atoms with Gasteiger partial charge in [0.05, 0.1) is 27.0 Å². The zero-order valence-electron chi connectivity index (χ0n) is 16.4. The molecule has 0 aliphatic carbocycles. The molecule has 2 amide bonds. The molecule has 2 aromatic carbocycles. The molecular weight excluding hydrogens is 427 g/mol. The van der Waals surface area contributed by atoms with E-state index in [1.54, 1.807) is 13.0 Å². The van der Waals surface area contributed by atoms with Gasteiger partial charge in [-0.15, -0.1) is 11.3 Å². The summed E-state index contributed by atoms with van der Waals surface area (Å²) in [5, 5.41) is 6.03. The molecule has 0 saturated carbocycles. The number of halogens is 2. The maximum absolute atomic E-state index is 13.2. The topological polar surface area (TPSA) is 67.4 Å². The lowest BCUT2D eigenvalue weighted by atomic mass is 10.2. The van der Waals surface area contributed by atoms with Crippen molar-refractivity contribution in [3.05, 3.63) is 80.9 Å². The second-order valence-electron chi connectivity index (χ2n) is 6.62. The van der Waals surface area contributed by atoms with Crippen LogP contribution in [0.25, 0.3) is 0 Å². The van der Waals surface area contributed by atoms with Gasteiger partial charge in [-0.3, -0.25) is 9.59 Å². The Morgan fingerprint density at radius 3 is 2.63 bits per heavy atom. The quantitative estimate of drug-likeness (QED) is 0.489. The smallest absolute Gasteiger partial charge is 0.261 e. The fourth-order valence-corrected chi connectivity index (χ4v) is 3.98. The van der Waals surface area contributed by atoms with Gasteiger partial charge < -0.3 is 15.4 Å². The van der Waals surface area contributed by atoms with Crippen molar-refractivity contribution in [3.8, 4) is 5.75 Å². The third-order valence-electron chi connectivity index (χ3n) is 4.18. The van der Waals surface area contributed by atoms with Gasteiger partial charge in [-0.2, -0.15) is 0 Å². The summed E-state index contributed by atoms with van der Waals surface area (Å²) in [4.78, 5) is 25.3. The van der Waals surface area contributed by atoms with Gasteiger partial charge in [0, 0.05) is 0 Å². The summed E-state index contributed by atoms with van der Waals surface area (Å²) in [6, 6.07) is 12.9. The highest BCUT2D eigenvalue weighted by molar-refractivity contribution is 7.18. The fourth-order valence-electron chi connectivity index (χ4n) is 2.74. The monoisotopic (exact) mass is 446 g/mol. The molecule has 0 radical (unpaired) electrons. The molecule has 3 aromatic rings. The number of carbonyl (C=O) groups is 2. The third kappa shape index (κ3) is 5.58. The van der Waals surface area contributed by atoms with Crippen LogP contribution in [-0.4, -0.2) is 25.0 Å². The number of hydrogen-bond donors (Lipinski definition) is 2. The first kappa shape index (κ1) is 21.8. The molecule has 0 fully saturated rings. The van der Waals surface area contributed by atoms with Crippen molar-refractivity contribution in [2.45, 2.75) is 13.8 Å². The molecule has 0 aliphatic heterocycles. The molecule has 0 atom stereocenters. The number of ether oxygens (including phenoxy) is 1. The van der Waals surface area contributed by atoms with Gasteiger partial charge in [0.15, 0.2) is 0 Å². The standard InChI is InChI=1S/C22H20ClFN2O3S/c1-13-4-3-5-16(10-13)29-9-8-25-22(28)20-14(2)11-19(30-20)26-21(27)17-7-6-15(24)12-18(17)23/h3-7,10-12H,8-9H2,1-2H3,(H,25,28)(H,26,27). The van der Waals surface area contributed by atoms with Crippen molar-refractivity contribution in [3.63, 3.8) is 0 Å². The zero-order valence-corrected chi connectivity index (χ0v) is 18.0. The Kier molecular flexibility index (Phi) is 7.07. The highest BCUT2D eigenvalue weighted by atomic mass is 35.5. The summed E-state index contributed by atoms with van der Waals surface area (Å²) in [6.07, 6.45) is 0. The highest BCUT2D eigenvalue weighted by Crippen LogP contribution is 2.28. The van der Waals surface area contributed by atoms with E-state index in [1.165, 1.54) is 6.07 Å². The molecule has 1 aromatic heterocycles. The Balaban J connectivity index is 1.55. The van der Waals surface area contributed by atoms with Gasteiger partial charge in [0.2, 0.25) is 0 Å². The van der Waals surface area contributed by atoms with E-state index in [1.807, 2.05) is 31.2 Å². The minimum Gasteiger partial charge on any atom is -0.492 e. The van der Waals surface area contributed by atoms with E-state index in [4.69, 9.17) is 16.3 Å². The van der Waals surface area contributed by atoms with E-state index in [2.05, 4.69) is 10.6 Å². The van der Waals surface area contributed by atoms with Gasteiger partial charge in [-0.05, 0) is 61.4 Å². The predicted octanol–water partition coefficient (Wildman–Crippen LogP) is 5.22. The van der Waals surface area contributed by atoms with Crippen molar-refractivity contribution in [2.75, 3.05) is 18.5 Å². The van der Waals surface area contributed by atoms with Crippen LogP contribution in [0.2, 0.25) is 5.02 Å². The lowest BCUT2D eigenvalue weighted by molar-refractivity contribution is 0.0949. The van der Waals surface area contributed by atoms with Crippen molar-refractivity contribution in [1.29, 1.82) is 0 Å². The molecule has 2 N–H and O–H groups in total. The van der Waals surface area contributed by atoms with Gasteiger partial charge in [-0.25, -0.2) is 4.39 Å². The van der Waals surface area contributed by atoms with Crippen LogP contribution in [-0.2, 0) is 0 Å². The Hall–Kier alpha value is -2.90. The van der Waals surface area contributed by atoms with Gasteiger partial charge >= 0.3 is 0 Å². The van der Waals surface area contributed by atoms with Crippen molar-refractivity contribution in [1.82, 2.24) is 5.32 Å². The van der Waals surface area contributed by atoms with Crippen LogP contribution in [0.1, 0.15) is 31.2 Å². The molecule has 0 spiro atoms. The summed E-state index contributed by atoms with van der Waals surface area (Å²) in [6.45, 7) is 4.45. The Labute approximate surface area is 182 Å². The van der Waals surface area contributed by atoms with Crippen molar-refractivity contribution >= 4 is 39.8 Å². The highest BCUT2D eigenvalue weighted by Gasteiger charge is 2.17. The number of aryl methyl sites for hydroxylation is 2. The lowest BCUT2D eigenvalue weighted by Gasteiger charge is -2.08. The van der Waals surface area contributed by atoms with E-state index in [-0.39, 0.29) is 16.5 Å². The van der Waals surface area contributed by atoms with Gasteiger partial charge in [0.1, 0.15) is 18.2 Å². The van der Waals surface area contributed by atoms with Crippen LogP contribution in [0.3, 0.4) is 0 Å². The number of thiophene rings is 1. The molecular formula is C22H20ClFN2O3S. The molecule has 156 valence electrons. The molecule has 8 heteroatoms. The number of nitrogens with one attached hydrogen (secondary N) is 2. The largest absolute Gasteiger partial charge is 0.492 e. The summed E-state index contributed by atoms with van der Waals surface area (Å²) < 4.78 is 18.8. The van der Waals surface area contributed by atoms with Crippen molar-refractivity contribution in [2.24, 2.45) is 0 Å². The van der Waals surface area contributed by atoms with E-state index >= 15 is 0 Å². The maximum Gasteiger partial charge on any atom is 0.261 e. The first-order valence-electron chi connectivity index (χ1n) is 9.18. The van der Waals surface area contributed by atoms with Crippen molar-refractivity contribution < 1.29 is 18.7 Å². The normalized spacial score (nSPS) is 10.5. The van der Waals surface area contributed by atoms with E-state index < -0.39 is 11.7 Å². The Morgan fingerprint density at radius 2 is 1.90 bits per heavy atom. The Morgan fingerprint density at radius 1 is 1.10 bits per heavy atom. The first-order chi connectivity index (χ1) is 14.3. The van der Waals surface area contributed by atoms with Crippen LogP contribution >= 0.6 is 22.9 Å². The third-order valence-corrected chi connectivity index (χ3v) is 5.65. The van der Waals surface area contributed by atoms with E-state index in [0.29, 0.717) is 23.0 Å². The molecule has 0 saturated heterocycles. The fraction of sp³-hybridized carbons (Fsp3) is 0.182. The molecule has 0 unspecified atom stereocenters. The summed E-state index contributed by atoms with van der Waals surface area (Å²) in [5.41, 5.74) is 1.99. The number of rotatable bonds is 7. The molecule has 0 aliphatic rings. The maximum atomic E-state index is 13.2. The zero-order chi connectivity index (χ0) is 21.7. The number of hydrogen-bond acceptors (Lipinski definition) is 4. The lowest BCUT2D eigenvalue weighted by Crippen LogP contribution is -2.27. The molecule has 1 heterocycles. The number of amides is 2. The Bertz CT molecular complexity index is 1080. The van der Waals surface area contributed by atoms with Gasteiger partial charge in [-0.1, -0.05) is 23.7 Å². The second kappa shape index (κ2) is 9.73. The molecule has 0 bridgehead atoms.